The van der Waals surface area contributed by atoms with Crippen LogP contribution in [0.5, 0.6) is 0 Å². The highest BCUT2D eigenvalue weighted by Gasteiger charge is 2.20. The molecule has 1 saturated heterocycles. The van der Waals surface area contributed by atoms with Crippen LogP contribution in [0.15, 0.2) is 24.3 Å². The van der Waals surface area contributed by atoms with E-state index in [4.69, 9.17) is 0 Å². The van der Waals surface area contributed by atoms with E-state index in [1.54, 1.807) is 0 Å². The lowest BCUT2D eigenvalue weighted by atomic mass is 9.87. The van der Waals surface area contributed by atoms with Crippen LogP contribution in [0.2, 0.25) is 0 Å². The molecule has 12 heavy (non-hydrogen) atoms. The highest BCUT2D eigenvalue weighted by Crippen LogP contribution is 2.21. The van der Waals surface area contributed by atoms with Crippen molar-refractivity contribution >= 4 is 0 Å². The van der Waals surface area contributed by atoms with Crippen LogP contribution < -0.4 is 5.32 Å². The summed E-state index contributed by atoms with van der Waals surface area (Å²) in [7, 11) is 0. The Morgan fingerprint density at radius 2 is 2.17 bits per heavy atom. The van der Waals surface area contributed by atoms with Crippen molar-refractivity contribution in [1.29, 1.82) is 0 Å². The van der Waals surface area contributed by atoms with E-state index in [-0.39, 0.29) is 0 Å². The Bertz CT molecular complexity index is 187. The van der Waals surface area contributed by atoms with Gasteiger partial charge < -0.3 is 5.32 Å². The molecular formula is C11H17N. The fourth-order valence-corrected chi connectivity index (χ4v) is 2.14. The maximum absolute atomic E-state index is 3.60. The number of piperidine rings is 1. The van der Waals surface area contributed by atoms with Crippen molar-refractivity contribution in [3.63, 3.8) is 0 Å². The maximum Gasteiger partial charge on any atom is 0.0133 e. The third-order valence-electron chi connectivity index (χ3n) is 2.88. The molecule has 66 valence electrons. The van der Waals surface area contributed by atoms with Crippen molar-refractivity contribution in [2.75, 3.05) is 6.54 Å². The Morgan fingerprint density at radius 1 is 1.17 bits per heavy atom. The lowest BCUT2D eigenvalue weighted by molar-refractivity contribution is 0.332. The van der Waals surface area contributed by atoms with Gasteiger partial charge in [0.05, 0.1) is 0 Å². The highest BCUT2D eigenvalue weighted by atomic mass is 14.9. The van der Waals surface area contributed by atoms with E-state index >= 15 is 0 Å². The summed E-state index contributed by atoms with van der Waals surface area (Å²) in [6.45, 7) is 1.22. The zero-order chi connectivity index (χ0) is 8.23. The zero-order valence-corrected chi connectivity index (χ0v) is 7.50. The van der Waals surface area contributed by atoms with Crippen LogP contribution in [0.25, 0.3) is 0 Å². The van der Waals surface area contributed by atoms with Gasteiger partial charge in [-0.25, -0.2) is 0 Å². The summed E-state index contributed by atoms with van der Waals surface area (Å²) in [5, 5.41) is 3.60. The smallest absolute Gasteiger partial charge is 0.0133 e. The SMILES string of the molecule is C1=CC[C@H]([C@H]2CCCCN2)C=C1. The molecule has 1 N–H and O–H groups in total. The lowest BCUT2D eigenvalue weighted by Crippen LogP contribution is -2.39. The molecule has 0 amide bonds. The second-order valence-corrected chi connectivity index (χ2v) is 3.77. The number of rotatable bonds is 1. The minimum absolute atomic E-state index is 0.750. The minimum Gasteiger partial charge on any atom is -0.313 e. The third kappa shape index (κ3) is 1.78. The van der Waals surface area contributed by atoms with E-state index < -0.39 is 0 Å². The van der Waals surface area contributed by atoms with Gasteiger partial charge in [-0.2, -0.15) is 0 Å². The molecular weight excluding hydrogens is 146 g/mol. The van der Waals surface area contributed by atoms with E-state index in [9.17, 15) is 0 Å². The van der Waals surface area contributed by atoms with Crippen LogP contribution in [-0.2, 0) is 0 Å². The van der Waals surface area contributed by atoms with Gasteiger partial charge in [-0.15, -0.1) is 0 Å². The summed E-state index contributed by atoms with van der Waals surface area (Å²) in [5.41, 5.74) is 0. The number of hydrogen-bond donors (Lipinski definition) is 1. The molecule has 0 spiro atoms. The lowest BCUT2D eigenvalue weighted by Gasteiger charge is -2.29. The van der Waals surface area contributed by atoms with Crippen molar-refractivity contribution in [2.45, 2.75) is 31.7 Å². The second-order valence-electron chi connectivity index (χ2n) is 3.77. The fourth-order valence-electron chi connectivity index (χ4n) is 2.14. The van der Waals surface area contributed by atoms with Crippen molar-refractivity contribution in [1.82, 2.24) is 5.32 Å². The highest BCUT2D eigenvalue weighted by molar-refractivity contribution is 5.13. The molecule has 1 nitrogen and oxygen atoms in total. The summed E-state index contributed by atoms with van der Waals surface area (Å²) < 4.78 is 0. The largest absolute Gasteiger partial charge is 0.313 e. The first-order valence-electron chi connectivity index (χ1n) is 5.03. The molecule has 0 radical (unpaired) electrons. The van der Waals surface area contributed by atoms with Crippen LogP contribution in [0.3, 0.4) is 0 Å². The zero-order valence-electron chi connectivity index (χ0n) is 7.50. The van der Waals surface area contributed by atoms with Crippen molar-refractivity contribution in [3.05, 3.63) is 24.3 Å². The quantitative estimate of drug-likeness (QED) is 0.625. The predicted molar refractivity (Wildman–Crippen MR) is 52.0 cm³/mol. The summed E-state index contributed by atoms with van der Waals surface area (Å²) in [4.78, 5) is 0. The molecule has 0 aromatic rings. The van der Waals surface area contributed by atoms with Crippen molar-refractivity contribution in [3.8, 4) is 0 Å². The Balaban J connectivity index is 1.90. The van der Waals surface area contributed by atoms with E-state index in [0.29, 0.717) is 0 Å². The molecule has 1 heteroatoms. The summed E-state index contributed by atoms with van der Waals surface area (Å²) in [6, 6.07) is 0.750. The van der Waals surface area contributed by atoms with E-state index in [2.05, 4.69) is 29.6 Å². The first-order chi connectivity index (χ1) is 5.97. The van der Waals surface area contributed by atoms with E-state index in [0.717, 1.165) is 12.0 Å². The molecule has 1 aliphatic heterocycles. The van der Waals surface area contributed by atoms with Gasteiger partial charge in [0.1, 0.15) is 0 Å². The summed E-state index contributed by atoms with van der Waals surface area (Å²) >= 11 is 0. The van der Waals surface area contributed by atoms with Gasteiger partial charge in [0.15, 0.2) is 0 Å². The molecule has 2 aliphatic rings. The standard InChI is InChI=1S/C11H17N/c1-2-6-10(7-3-1)11-8-4-5-9-12-11/h1-3,6,10-12H,4-5,7-9H2/t10-,11-/m1/s1. The van der Waals surface area contributed by atoms with E-state index in [1.165, 1.54) is 32.2 Å². The van der Waals surface area contributed by atoms with Gasteiger partial charge in [0.2, 0.25) is 0 Å². The number of nitrogens with one attached hydrogen (secondary N) is 1. The Kier molecular flexibility index (Phi) is 2.62. The van der Waals surface area contributed by atoms with Gasteiger partial charge in [-0.1, -0.05) is 30.7 Å². The summed E-state index contributed by atoms with van der Waals surface area (Å²) in [5.74, 6) is 0.760. The van der Waals surface area contributed by atoms with Crippen LogP contribution >= 0.6 is 0 Å². The molecule has 1 aliphatic carbocycles. The average molecular weight is 163 g/mol. The van der Waals surface area contributed by atoms with Crippen LogP contribution in [0.4, 0.5) is 0 Å². The average Bonchev–Trinajstić information content (AvgIpc) is 2.21. The molecule has 1 heterocycles. The Labute approximate surface area is 74.5 Å². The fraction of sp³-hybridized carbons (Fsp3) is 0.636. The molecule has 0 aromatic carbocycles. The van der Waals surface area contributed by atoms with Gasteiger partial charge in [-0.3, -0.25) is 0 Å². The van der Waals surface area contributed by atoms with Gasteiger partial charge in [0.25, 0.3) is 0 Å². The molecule has 0 unspecified atom stereocenters. The first kappa shape index (κ1) is 8.06. The maximum atomic E-state index is 3.60. The summed E-state index contributed by atoms with van der Waals surface area (Å²) in [6.07, 6.45) is 14.3. The Morgan fingerprint density at radius 3 is 2.83 bits per heavy atom. The number of hydrogen-bond acceptors (Lipinski definition) is 1. The second kappa shape index (κ2) is 3.90. The third-order valence-corrected chi connectivity index (χ3v) is 2.88. The van der Waals surface area contributed by atoms with Gasteiger partial charge in [-0.05, 0) is 31.7 Å². The topological polar surface area (TPSA) is 12.0 Å². The molecule has 0 bridgehead atoms. The van der Waals surface area contributed by atoms with Gasteiger partial charge >= 0.3 is 0 Å². The molecule has 0 aromatic heterocycles. The van der Waals surface area contributed by atoms with Crippen molar-refractivity contribution < 1.29 is 0 Å². The molecule has 0 saturated carbocycles. The van der Waals surface area contributed by atoms with Crippen LogP contribution in [0.1, 0.15) is 25.7 Å². The monoisotopic (exact) mass is 163 g/mol. The molecule has 2 atom stereocenters. The number of allylic oxidation sites excluding steroid dienone is 3. The minimum atomic E-state index is 0.750. The predicted octanol–water partition coefficient (Wildman–Crippen LogP) is 2.26. The van der Waals surface area contributed by atoms with E-state index in [1.807, 2.05) is 0 Å². The Hall–Kier alpha value is -0.560. The van der Waals surface area contributed by atoms with Gasteiger partial charge in [0, 0.05) is 6.04 Å². The molecule has 1 fully saturated rings. The van der Waals surface area contributed by atoms with Crippen molar-refractivity contribution in [2.24, 2.45) is 5.92 Å². The molecule has 2 rings (SSSR count). The first-order valence-corrected chi connectivity index (χ1v) is 5.03. The van der Waals surface area contributed by atoms with Crippen LogP contribution in [0, 0.1) is 5.92 Å². The van der Waals surface area contributed by atoms with Crippen LogP contribution in [-0.4, -0.2) is 12.6 Å². The normalized spacial score (nSPS) is 35.3.